The fourth-order valence-electron chi connectivity index (χ4n) is 2.02. The zero-order valence-corrected chi connectivity index (χ0v) is 10.7. The van der Waals surface area contributed by atoms with Crippen molar-refractivity contribution in [3.8, 4) is 11.3 Å². The molecule has 0 unspecified atom stereocenters. The van der Waals surface area contributed by atoms with Crippen LogP contribution in [0.4, 0.5) is 0 Å². The quantitative estimate of drug-likeness (QED) is 0.633. The number of rotatable bonds is 1. The van der Waals surface area contributed by atoms with E-state index in [0.717, 1.165) is 10.2 Å². The van der Waals surface area contributed by atoms with E-state index in [-0.39, 0.29) is 0 Å². The Morgan fingerprint density at radius 1 is 0.765 bits per heavy atom. The van der Waals surface area contributed by atoms with E-state index >= 15 is 0 Å². The van der Waals surface area contributed by atoms with E-state index in [1.807, 2.05) is 24.4 Å². The molecule has 1 nitrogen and oxygen atoms in total. The van der Waals surface area contributed by atoms with E-state index in [1.54, 1.807) is 0 Å². The largest absolute Gasteiger partial charge is 0.256 e. The van der Waals surface area contributed by atoms with E-state index in [0.29, 0.717) is 0 Å². The molecule has 3 aromatic rings. The molecular weight excluding hydrogens is 274 g/mol. The van der Waals surface area contributed by atoms with Crippen molar-refractivity contribution in [3.05, 3.63) is 65.3 Å². The predicted octanol–water partition coefficient (Wildman–Crippen LogP) is 4.66. The number of aromatic nitrogens is 1. The van der Waals surface area contributed by atoms with Gasteiger partial charge >= 0.3 is 0 Å². The zero-order valence-electron chi connectivity index (χ0n) is 9.10. The number of halogens is 1. The molecule has 0 N–H and O–H groups in total. The molecule has 0 bridgehead atoms. The number of pyridine rings is 1. The summed E-state index contributed by atoms with van der Waals surface area (Å²) in [7, 11) is 0. The van der Waals surface area contributed by atoms with Gasteiger partial charge in [-0.25, -0.2) is 0 Å². The van der Waals surface area contributed by atoms with Gasteiger partial charge in [-0.1, -0.05) is 52.3 Å². The minimum atomic E-state index is 1.01. The topological polar surface area (TPSA) is 12.9 Å². The van der Waals surface area contributed by atoms with Crippen LogP contribution in [-0.4, -0.2) is 4.98 Å². The minimum absolute atomic E-state index is 1.01. The van der Waals surface area contributed by atoms with Crippen molar-refractivity contribution in [2.45, 2.75) is 0 Å². The number of benzene rings is 2. The van der Waals surface area contributed by atoms with Crippen LogP contribution in [0, 0.1) is 0 Å². The third-order valence-electron chi connectivity index (χ3n) is 2.81. The van der Waals surface area contributed by atoms with Gasteiger partial charge < -0.3 is 0 Å². The average molecular weight is 284 g/mol. The molecule has 0 spiro atoms. The van der Waals surface area contributed by atoms with Crippen LogP contribution >= 0.6 is 15.9 Å². The molecule has 0 aliphatic carbocycles. The molecule has 0 saturated carbocycles. The summed E-state index contributed by atoms with van der Waals surface area (Å²) in [5.74, 6) is 0. The molecule has 17 heavy (non-hydrogen) atoms. The normalized spacial score (nSPS) is 10.6. The molecule has 0 saturated heterocycles. The molecule has 1 heterocycles. The van der Waals surface area contributed by atoms with Gasteiger partial charge in [-0.3, -0.25) is 4.98 Å². The van der Waals surface area contributed by atoms with Gasteiger partial charge in [0, 0.05) is 16.2 Å². The van der Waals surface area contributed by atoms with Crippen molar-refractivity contribution < 1.29 is 0 Å². The van der Waals surface area contributed by atoms with Gasteiger partial charge in [0.05, 0.1) is 5.69 Å². The molecule has 0 radical (unpaired) electrons. The van der Waals surface area contributed by atoms with Crippen LogP contribution in [0.15, 0.2) is 65.3 Å². The second-order valence-corrected chi connectivity index (χ2v) is 4.71. The van der Waals surface area contributed by atoms with Gasteiger partial charge in [0.1, 0.15) is 0 Å². The highest BCUT2D eigenvalue weighted by Crippen LogP contribution is 2.31. The molecule has 2 heteroatoms. The maximum absolute atomic E-state index is 4.41. The smallest absolute Gasteiger partial charge is 0.0708 e. The minimum Gasteiger partial charge on any atom is -0.256 e. The maximum Gasteiger partial charge on any atom is 0.0708 e. The second-order valence-electron chi connectivity index (χ2n) is 3.86. The molecule has 0 aliphatic rings. The van der Waals surface area contributed by atoms with Gasteiger partial charge in [0.15, 0.2) is 0 Å². The van der Waals surface area contributed by atoms with Crippen molar-refractivity contribution in [2.24, 2.45) is 0 Å². The molecule has 1 aromatic heterocycles. The number of nitrogens with zero attached hydrogens (tertiary/aromatic N) is 1. The van der Waals surface area contributed by atoms with Crippen molar-refractivity contribution in [3.63, 3.8) is 0 Å². The van der Waals surface area contributed by atoms with Crippen molar-refractivity contribution in [2.75, 3.05) is 0 Å². The first-order chi connectivity index (χ1) is 8.36. The van der Waals surface area contributed by atoms with Crippen LogP contribution in [0.5, 0.6) is 0 Å². The molecule has 3 rings (SSSR count). The Balaban J connectivity index is 2.35. The Hall–Kier alpha value is -1.67. The lowest BCUT2D eigenvalue weighted by atomic mass is 10.0. The first-order valence-corrected chi connectivity index (χ1v) is 6.24. The highest BCUT2D eigenvalue weighted by atomic mass is 79.9. The third kappa shape index (κ3) is 1.85. The summed E-state index contributed by atoms with van der Waals surface area (Å²) >= 11 is 3.58. The first kappa shape index (κ1) is 10.5. The van der Waals surface area contributed by atoms with E-state index in [1.165, 1.54) is 16.3 Å². The Labute approximate surface area is 108 Å². The standard InChI is InChI=1S/C15H10BrN/c16-14-8-4-5-11-12(14)6-3-7-13(11)15-9-1-2-10-17-15/h1-10H. The van der Waals surface area contributed by atoms with Gasteiger partial charge in [0.25, 0.3) is 0 Å². The van der Waals surface area contributed by atoms with Gasteiger partial charge in [-0.05, 0) is 29.0 Å². The first-order valence-electron chi connectivity index (χ1n) is 5.45. The van der Waals surface area contributed by atoms with Gasteiger partial charge in [-0.2, -0.15) is 0 Å². The number of hydrogen-bond donors (Lipinski definition) is 0. The summed E-state index contributed by atoms with van der Waals surface area (Å²) in [6.45, 7) is 0. The SMILES string of the molecule is Brc1cccc2c(-c3ccccn3)cccc12. The third-order valence-corrected chi connectivity index (χ3v) is 3.50. The lowest BCUT2D eigenvalue weighted by Crippen LogP contribution is -1.84. The van der Waals surface area contributed by atoms with Crippen LogP contribution in [0.25, 0.3) is 22.0 Å². The zero-order chi connectivity index (χ0) is 11.7. The fraction of sp³-hybridized carbons (Fsp3) is 0. The molecule has 0 fully saturated rings. The summed E-state index contributed by atoms with van der Waals surface area (Å²) in [6, 6.07) is 18.5. The van der Waals surface area contributed by atoms with Crippen molar-refractivity contribution in [1.82, 2.24) is 4.98 Å². The summed E-state index contributed by atoms with van der Waals surface area (Å²) in [6.07, 6.45) is 1.83. The Morgan fingerprint density at radius 3 is 2.41 bits per heavy atom. The summed E-state index contributed by atoms with van der Waals surface area (Å²) in [4.78, 5) is 4.41. The number of hydrogen-bond acceptors (Lipinski definition) is 1. The monoisotopic (exact) mass is 283 g/mol. The Bertz CT molecular complexity index is 662. The van der Waals surface area contributed by atoms with Gasteiger partial charge in [0.2, 0.25) is 0 Å². The molecule has 2 aromatic carbocycles. The number of fused-ring (bicyclic) bond motifs is 1. The molecule has 82 valence electrons. The van der Waals surface area contributed by atoms with Crippen LogP contribution in [0.3, 0.4) is 0 Å². The molecule has 0 atom stereocenters. The lowest BCUT2D eigenvalue weighted by molar-refractivity contribution is 1.33. The lowest BCUT2D eigenvalue weighted by Gasteiger charge is -2.06. The van der Waals surface area contributed by atoms with E-state index in [4.69, 9.17) is 0 Å². The molecule has 0 amide bonds. The summed E-state index contributed by atoms with van der Waals surface area (Å²) in [5.41, 5.74) is 2.18. The summed E-state index contributed by atoms with van der Waals surface area (Å²) < 4.78 is 1.12. The highest BCUT2D eigenvalue weighted by Gasteiger charge is 2.05. The molecule has 0 aliphatic heterocycles. The molecular formula is C15H10BrN. The van der Waals surface area contributed by atoms with Crippen LogP contribution in [0.2, 0.25) is 0 Å². The van der Waals surface area contributed by atoms with Gasteiger partial charge in [-0.15, -0.1) is 0 Å². The van der Waals surface area contributed by atoms with E-state index in [2.05, 4.69) is 57.3 Å². The highest BCUT2D eigenvalue weighted by molar-refractivity contribution is 9.10. The van der Waals surface area contributed by atoms with Crippen LogP contribution < -0.4 is 0 Å². The predicted molar refractivity (Wildman–Crippen MR) is 74.9 cm³/mol. The van der Waals surface area contributed by atoms with Crippen LogP contribution in [0.1, 0.15) is 0 Å². The average Bonchev–Trinajstić information content (AvgIpc) is 2.40. The Kier molecular flexibility index (Phi) is 2.65. The van der Waals surface area contributed by atoms with Crippen LogP contribution in [-0.2, 0) is 0 Å². The van der Waals surface area contributed by atoms with Crippen molar-refractivity contribution in [1.29, 1.82) is 0 Å². The van der Waals surface area contributed by atoms with E-state index < -0.39 is 0 Å². The maximum atomic E-state index is 4.41. The summed E-state index contributed by atoms with van der Waals surface area (Å²) in [5, 5.41) is 2.44. The second kappa shape index (κ2) is 4.30. The Morgan fingerprint density at radius 2 is 1.59 bits per heavy atom. The fourth-order valence-corrected chi connectivity index (χ4v) is 2.52. The van der Waals surface area contributed by atoms with Crippen molar-refractivity contribution >= 4 is 26.7 Å². The van der Waals surface area contributed by atoms with E-state index in [9.17, 15) is 0 Å².